The summed E-state index contributed by atoms with van der Waals surface area (Å²) in [6, 6.07) is 5.83. The SMILES string of the molecule is Cc1cccc(CNCCCc2ncc[nH]2)c1O. The van der Waals surface area contributed by atoms with Crippen molar-refractivity contribution in [3.8, 4) is 5.75 Å². The minimum atomic E-state index is 0.399. The summed E-state index contributed by atoms with van der Waals surface area (Å²) >= 11 is 0. The second-order valence-corrected chi connectivity index (χ2v) is 4.40. The number of imidazole rings is 1. The fraction of sp³-hybridized carbons (Fsp3) is 0.357. The molecule has 0 aliphatic carbocycles. The summed E-state index contributed by atoms with van der Waals surface area (Å²) in [5, 5.41) is 13.2. The van der Waals surface area contributed by atoms with Gasteiger partial charge >= 0.3 is 0 Å². The fourth-order valence-electron chi connectivity index (χ4n) is 1.90. The zero-order valence-electron chi connectivity index (χ0n) is 10.6. The monoisotopic (exact) mass is 245 g/mol. The van der Waals surface area contributed by atoms with Crippen LogP contribution < -0.4 is 5.32 Å². The highest BCUT2D eigenvalue weighted by Crippen LogP contribution is 2.20. The van der Waals surface area contributed by atoms with Gasteiger partial charge in [-0.25, -0.2) is 4.98 Å². The van der Waals surface area contributed by atoms with E-state index in [0.717, 1.165) is 36.3 Å². The third-order valence-corrected chi connectivity index (χ3v) is 2.96. The van der Waals surface area contributed by atoms with E-state index in [1.165, 1.54) is 0 Å². The average Bonchev–Trinajstić information content (AvgIpc) is 2.87. The van der Waals surface area contributed by atoms with Crippen molar-refractivity contribution in [2.24, 2.45) is 0 Å². The molecule has 2 rings (SSSR count). The lowest BCUT2D eigenvalue weighted by atomic mass is 10.1. The van der Waals surface area contributed by atoms with E-state index >= 15 is 0 Å². The van der Waals surface area contributed by atoms with Crippen LogP contribution in [0.2, 0.25) is 0 Å². The number of phenolic OH excluding ortho intramolecular Hbond substituents is 1. The van der Waals surface area contributed by atoms with Gasteiger partial charge in [0.2, 0.25) is 0 Å². The molecule has 0 radical (unpaired) electrons. The average molecular weight is 245 g/mol. The lowest BCUT2D eigenvalue weighted by Crippen LogP contribution is -2.15. The van der Waals surface area contributed by atoms with Crippen molar-refractivity contribution in [1.82, 2.24) is 15.3 Å². The van der Waals surface area contributed by atoms with Crippen molar-refractivity contribution in [1.29, 1.82) is 0 Å². The maximum Gasteiger partial charge on any atom is 0.122 e. The third kappa shape index (κ3) is 3.34. The standard InChI is InChI=1S/C14H19N3O/c1-11-4-2-5-12(14(11)18)10-15-7-3-6-13-16-8-9-17-13/h2,4-5,8-9,15,18H,3,6-7,10H2,1H3,(H,16,17). The van der Waals surface area contributed by atoms with E-state index < -0.39 is 0 Å². The van der Waals surface area contributed by atoms with E-state index in [4.69, 9.17) is 0 Å². The van der Waals surface area contributed by atoms with Crippen molar-refractivity contribution in [3.63, 3.8) is 0 Å². The van der Waals surface area contributed by atoms with Crippen LogP contribution in [0.25, 0.3) is 0 Å². The van der Waals surface area contributed by atoms with Crippen molar-refractivity contribution in [2.45, 2.75) is 26.3 Å². The summed E-state index contributed by atoms with van der Waals surface area (Å²) in [5.74, 6) is 1.42. The molecule has 0 saturated carbocycles. The molecule has 1 aromatic heterocycles. The Kier molecular flexibility index (Phi) is 4.36. The van der Waals surface area contributed by atoms with E-state index in [-0.39, 0.29) is 0 Å². The van der Waals surface area contributed by atoms with E-state index in [1.807, 2.05) is 31.3 Å². The fourth-order valence-corrected chi connectivity index (χ4v) is 1.90. The highest BCUT2D eigenvalue weighted by atomic mass is 16.3. The van der Waals surface area contributed by atoms with Crippen LogP contribution >= 0.6 is 0 Å². The molecule has 0 aliphatic heterocycles. The first kappa shape index (κ1) is 12.6. The molecule has 0 spiro atoms. The van der Waals surface area contributed by atoms with Crippen LogP contribution in [0.4, 0.5) is 0 Å². The van der Waals surface area contributed by atoms with Crippen molar-refractivity contribution >= 4 is 0 Å². The first-order valence-electron chi connectivity index (χ1n) is 6.24. The topological polar surface area (TPSA) is 60.9 Å². The minimum Gasteiger partial charge on any atom is -0.507 e. The number of aromatic amines is 1. The third-order valence-electron chi connectivity index (χ3n) is 2.96. The highest BCUT2D eigenvalue weighted by Gasteiger charge is 2.02. The van der Waals surface area contributed by atoms with E-state index in [0.29, 0.717) is 12.3 Å². The molecule has 0 unspecified atom stereocenters. The quantitative estimate of drug-likeness (QED) is 0.683. The van der Waals surface area contributed by atoms with Crippen molar-refractivity contribution in [2.75, 3.05) is 6.54 Å². The number of aryl methyl sites for hydroxylation is 2. The molecule has 2 aromatic rings. The maximum absolute atomic E-state index is 9.85. The Balaban J connectivity index is 1.70. The van der Waals surface area contributed by atoms with Gasteiger partial charge in [-0.05, 0) is 25.5 Å². The van der Waals surface area contributed by atoms with Gasteiger partial charge in [-0.2, -0.15) is 0 Å². The van der Waals surface area contributed by atoms with Crippen LogP contribution in [0.3, 0.4) is 0 Å². The second kappa shape index (κ2) is 6.21. The summed E-state index contributed by atoms with van der Waals surface area (Å²) < 4.78 is 0. The summed E-state index contributed by atoms with van der Waals surface area (Å²) in [6.45, 7) is 3.52. The number of H-pyrrole nitrogens is 1. The predicted octanol–water partition coefficient (Wildman–Crippen LogP) is 2.15. The zero-order chi connectivity index (χ0) is 12.8. The Labute approximate surface area is 107 Å². The highest BCUT2D eigenvalue weighted by molar-refractivity contribution is 5.39. The van der Waals surface area contributed by atoms with E-state index in [9.17, 15) is 5.11 Å². The van der Waals surface area contributed by atoms with Gasteiger partial charge in [0.05, 0.1) is 0 Å². The Bertz CT molecular complexity index is 480. The zero-order valence-corrected chi connectivity index (χ0v) is 10.6. The Hall–Kier alpha value is -1.81. The van der Waals surface area contributed by atoms with Gasteiger partial charge in [-0.1, -0.05) is 18.2 Å². The number of aromatic hydroxyl groups is 1. The van der Waals surface area contributed by atoms with Gasteiger partial charge in [0.25, 0.3) is 0 Å². The molecule has 0 atom stereocenters. The molecule has 96 valence electrons. The molecular weight excluding hydrogens is 226 g/mol. The van der Waals surface area contributed by atoms with Crippen LogP contribution in [-0.4, -0.2) is 21.6 Å². The van der Waals surface area contributed by atoms with E-state index in [2.05, 4.69) is 15.3 Å². The first-order chi connectivity index (χ1) is 8.77. The second-order valence-electron chi connectivity index (χ2n) is 4.40. The number of rotatable bonds is 6. The Morgan fingerprint density at radius 1 is 1.39 bits per heavy atom. The number of benzene rings is 1. The van der Waals surface area contributed by atoms with Gasteiger partial charge in [0.1, 0.15) is 11.6 Å². The molecule has 0 aliphatic rings. The normalized spacial score (nSPS) is 10.7. The number of aromatic nitrogens is 2. The number of nitrogens with zero attached hydrogens (tertiary/aromatic N) is 1. The van der Waals surface area contributed by atoms with Crippen LogP contribution in [0.15, 0.2) is 30.6 Å². The van der Waals surface area contributed by atoms with Gasteiger partial charge in [0.15, 0.2) is 0 Å². The Morgan fingerprint density at radius 3 is 3.06 bits per heavy atom. The number of phenols is 1. The van der Waals surface area contributed by atoms with Crippen LogP contribution in [-0.2, 0) is 13.0 Å². The summed E-state index contributed by atoms with van der Waals surface area (Å²) in [5.41, 5.74) is 1.87. The smallest absolute Gasteiger partial charge is 0.122 e. The molecule has 0 saturated heterocycles. The van der Waals surface area contributed by atoms with Crippen LogP contribution in [0, 0.1) is 6.92 Å². The molecule has 3 N–H and O–H groups in total. The van der Waals surface area contributed by atoms with Crippen molar-refractivity contribution < 1.29 is 5.11 Å². The number of hydrogen-bond donors (Lipinski definition) is 3. The number of hydrogen-bond acceptors (Lipinski definition) is 3. The summed E-state index contributed by atoms with van der Waals surface area (Å²) in [4.78, 5) is 7.26. The number of para-hydroxylation sites is 1. The molecule has 0 fully saturated rings. The largest absolute Gasteiger partial charge is 0.507 e. The molecule has 1 heterocycles. The lowest BCUT2D eigenvalue weighted by molar-refractivity contribution is 0.460. The molecule has 0 amide bonds. The van der Waals surface area contributed by atoms with Crippen molar-refractivity contribution in [3.05, 3.63) is 47.5 Å². The first-order valence-corrected chi connectivity index (χ1v) is 6.24. The van der Waals surface area contributed by atoms with Gasteiger partial charge in [-0.3, -0.25) is 0 Å². The molecule has 18 heavy (non-hydrogen) atoms. The number of nitrogens with one attached hydrogen (secondary N) is 2. The molecule has 4 nitrogen and oxygen atoms in total. The predicted molar refractivity (Wildman–Crippen MR) is 71.5 cm³/mol. The minimum absolute atomic E-state index is 0.399. The van der Waals surface area contributed by atoms with Crippen LogP contribution in [0.5, 0.6) is 5.75 Å². The van der Waals surface area contributed by atoms with Crippen LogP contribution in [0.1, 0.15) is 23.4 Å². The van der Waals surface area contributed by atoms with Gasteiger partial charge in [0, 0.05) is 30.9 Å². The van der Waals surface area contributed by atoms with Gasteiger partial charge in [-0.15, -0.1) is 0 Å². The lowest BCUT2D eigenvalue weighted by Gasteiger charge is -2.08. The molecular formula is C14H19N3O. The molecule has 0 bridgehead atoms. The summed E-state index contributed by atoms with van der Waals surface area (Å²) in [6.07, 6.45) is 5.58. The molecule has 1 aromatic carbocycles. The maximum atomic E-state index is 9.85. The Morgan fingerprint density at radius 2 is 2.28 bits per heavy atom. The van der Waals surface area contributed by atoms with Gasteiger partial charge < -0.3 is 15.4 Å². The van der Waals surface area contributed by atoms with E-state index in [1.54, 1.807) is 6.20 Å². The molecule has 4 heteroatoms. The summed E-state index contributed by atoms with van der Waals surface area (Å²) in [7, 11) is 0.